The highest BCUT2D eigenvalue weighted by Gasteiger charge is 1.97. The first-order valence-corrected chi connectivity index (χ1v) is 4.78. The first-order valence-electron chi connectivity index (χ1n) is 3.61. The van der Waals surface area contributed by atoms with Crippen LogP contribution in [0.1, 0.15) is 0 Å². The molecule has 2 heteroatoms. The maximum absolute atomic E-state index is 6.01. The van der Waals surface area contributed by atoms with Crippen LogP contribution in [0.2, 0.25) is 5.02 Å². The van der Waals surface area contributed by atoms with E-state index < -0.39 is 0 Å². The maximum Gasteiger partial charge on any atom is 0.0484 e. The summed E-state index contributed by atoms with van der Waals surface area (Å²) in [5, 5.41) is 3.06. The maximum atomic E-state index is 6.01. The topological polar surface area (TPSA) is 0 Å². The van der Waals surface area contributed by atoms with Crippen LogP contribution in [-0.4, -0.2) is 0 Å². The van der Waals surface area contributed by atoms with Crippen molar-refractivity contribution in [3.8, 4) is 0 Å². The fraction of sp³-hybridized carbons (Fsp3) is 0. The van der Waals surface area contributed by atoms with Crippen LogP contribution in [0.5, 0.6) is 0 Å². The van der Waals surface area contributed by atoms with Crippen molar-refractivity contribution in [3.05, 3.63) is 45.9 Å². The van der Waals surface area contributed by atoms with Gasteiger partial charge in [0.15, 0.2) is 0 Å². The van der Waals surface area contributed by atoms with E-state index >= 15 is 0 Å². The van der Waals surface area contributed by atoms with Crippen molar-refractivity contribution in [2.75, 3.05) is 0 Å². The summed E-state index contributed by atoms with van der Waals surface area (Å²) in [5.41, 5.74) is 0. The van der Waals surface area contributed by atoms with E-state index in [0.717, 1.165) is 14.9 Å². The summed E-state index contributed by atoms with van der Waals surface area (Å²) in [6, 6.07) is 12.0. The Morgan fingerprint density at radius 2 is 1.92 bits per heavy atom. The average molecular weight is 242 g/mol. The van der Waals surface area contributed by atoms with Crippen LogP contribution >= 0.6 is 27.5 Å². The van der Waals surface area contributed by atoms with E-state index in [2.05, 4.69) is 15.9 Å². The van der Waals surface area contributed by atoms with Crippen molar-refractivity contribution in [3.63, 3.8) is 0 Å². The predicted octanol–water partition coefficient (Wildman–Crippen LogP) is 4.26. The second-order valence-corrected chi connectivity index (χ2v) is 3.93. The Bertz CT molecular complexity index is 423. The van der Waals surface area contributed by atoms with Crippen molar-refractivity contribution < 1.29 is 0 Å². The van der Waals surface area contributed by atoms with E-state index in [4.69, 9.17) is 11.6 Å². The molecule has 0 saturated heterocycles. The molecule has 0 atom stereocenters. The van der Waals surface area contributed by atoms with Crippen molar-refractivity contribution in [1.29, 1.82) is 0 Å². The van der Waals surface area contributed by atoms with Gasteiger partial charge in [0.1, 0.15) is 0 Å². The summed E-state index contributed by atoms with van der Waals surface area (Å²) in [5.74, 6) is 0. The van der Waals surface area contributed by atoms with Gasteiger partial charge in [-0.2, -0.15) is 0 Å². The van der Waals surface area contributed by atoms with E-state index in [0.29, 0.717) is 0 Å². The molecule has 0 nitrogen and oxygen atoms in total. The molecule has 0 unspecified atom stereocenters. The van der Waals surface area contributed by atoms with Gasteiger partial charge in [0.25, 0.3) is 0 Å². The van der Waals surface area contributed by atoms with Gasteiger partial charge in [0.2, 0.25) is 0 Å². The van der Waals surface area contributed by atoms with Gasteiger partial charge in [0, 0.05) is 14.9 Å². The second kappa shape index (κ2) is 3.08. The molecule has 0 N–H and O–H groups in total. The fourth-order valence-electron chi connectivity index (χ4n) is 1.21. The minimum atomic E-state index is 0.800. The van der Waals surface area contributed by atoms with Crippen molar-refractivity contribution >= 4 is 38.3 Å². The van der Waals surface area contributed by atoms with Gasteiger partial charge >= 0.3 is 0 Å². The van der Waals surface area contributed by atoms with Crippen molar-refractivity contribution in [2.24, 2.45) is 0 Å². The van der Waals surface area contributed by atoms with Gasteiger partial charge in [-0.1, -0.05) is 45.7 Å². The van der Waals surface area contributed by atoms with E-state index in [-0.39, 0.29) is 0 Å². The normalized spacial score (nSPS) is 10.5. The van der Waals surface area contributed by atoms with Crippen molar-refractivity contribution in [2.45, 2.75) is 0 Å². The first-order chi connectivity index (χ1) is 5.77. The molecule has 0 aliphatic rings. The first kappa shape index (κ1) is 8.09. The molecule has 60 valence electrons. The zero-order chi connectivity index (χ0) is 8.55. The van der Waals surface area contributed by atoms with E-state index in [1.165, 1.54) is 5.39 Å². The third-order valence-corrected chi connectivity index (χ3v) is 2.61. The SMILES string of the molecule is Clc1cccc2ccc(Br)cc12. The van der Waals surface area contributed by atoms with Gasteiger partial charge in [-0.25, -0.2) is 0 Å². The molecule has 0 aliphatic carbocycles. The number of fused-ring (bicyclic) bond motifs is 1. The highest BCUT2D eigenvalue weighted by molar-refractivity contribution is 9.10. The molecule has 2 aromatic carbocycles. The Balaban J connectivity index is 2.88. The number of benzene rings is 2. The molecule has 12 heavy (non-hydrogen) atoms. The Morgan fingerprint density at radius 1 is 1.08 bits per heavy atom. The minimum absolute atomic E-state index is 0.800. The zero-order valence-electron chi connectivity index (χ0n) is 6.22. The zero-order valence-corrected chi connectivity index (χ0v) is 8.56. The summed E-state index contributed by atoms with van der Waals surface area (Å²) >= 11 is 9.42. The lowest BCUT2D eigenvalue weighted by Crippen LogP contribution is -1.73. The number of rotatable bonds is 0. The van der Waals surface area contributed by atoms with Crippen LogP contribution in [0.15, 0.2) is 40.9 Å². The Kier molecular flexibility index (Phi) is 2.07. The summed E-state index contributed by atoms with van der Waals surface area (Å²) < 4.78 is 1.06. The van der Waals surface area contributed by atoms with Crippen LogP contribution in [0.4, 0.5) is 0 Å². The molecule has 0 radical (unpaired) electrons. The lowest BCUT2D eigenvalue weighted by molar-refractivity contribution is 1.70. The summed E-state index contributed by atoms with van der Waals surface area (Å²) in [4.78, 5) is 0. The molecule has 0 saturated carbocycles. The minimum Gasteiger partial charge on any atom is -0.0837 e. The monoisotopic (exact) mass is 240 g/mol. The average Bonchev–Trinajstić information content (AvgIpc) is 2.07. The van der Waals surface area contributed by atoms with Crippen molar-refractivity contribution in [1.82, 2.24) is 0 Å². The Morgan fingerprint density at radius 3 is 2.75 bits per heavy atom. The molecule has 0 spiro atoms. The molecular weight excluding hydrogens is 235 g/mol. The highest BCUT2D eigenvalue weighted by Crippen LogP contribution is 2.25. The van der Waals surface area contributed by atoms with Gasteiger partial charge < -0.3 is 0 Å². The Hall–Kier alpha value is -0.530. The second-order valence-electron chi connectivity index (χ2n) is 2.61. The van der Waals surface area contributed by atoms with Crippen LogP contribution in [0, 0.1) is 0 Å². The molecule has 0 heterocycles. The fourth-order valence-corrected chi connectivity index (χ4v) is 1.80. The largest absolute Gasteiger partial charge is 0.0837 e. The highest BCUT2D eigenvalue weighted by atomic mass is 79.9. The van der Waals surface area contributed by atoms with Gasteiger partial charge in [-0.3, -0.25) is 0 Å². The number of hydrogen-bond acceptors (Lipinski definition) is 0. The van der Waals surface area contributed by atoms with E-state index in [1.807, 2.05) is 36.4 Å². The molecule has 0 fully saturated rings. The molecule has 0 aliphatic heterocycles. The van der Waals surface area contributed by atoms with Crippen LogP contribution in [0.25, 0.3) is 10.8 Å². The molecule has 0 amide bonds. The molecule has 0 aromatic heterocycles. The van der Waals surface area contributed by atoms with E-state index in [1.54, 1.807) is 0 Å². The lowest BCUT2D eigenvalue weighted by Gasteiger charge is -1.99. The van der Waals surface area contributed by atoms with Gasteiger partial charge in [-0.15, -0.1) is 0 Å². The van der Waals surface area contributed by atoms with Gasteiger partial charge in [0.05, 0.1) is 0 Å². The van der Waals surface area contributed by atoms with Gasteiger partial charge in [-0.05, 0) is 23.6 Å². The smallest absolute Gasteiger partial charge is 0.0484 e. The Labute approximate surface area is 84.3 Å². The predicted molar refractivity (Wildman–Crippen MR) is 56.7 cm³/mol. The molecule has 2 aromatic rings. The molecular formula is C10H6BrCl. The summed E-state index contributed by atoms with van der Waals surface area (Å²) in [6.45, 7) is 0. The molecule has 0 bridgehead atoms. The molecule has 2 rings (SSSR count). The standard InChI is InChI=1S/C10H6BrCl/c11-8-5-4-7-2-1-3-10(12)9(7)6-8/h1-6H. The lowest BCUT2D eigenvalue weighted by atomic mass is 10.1. The summed E-state index contributed by atoms with van der Waals surface area (Å²) in [6.07, 6.45) is 0. The summed E-state index contributed by atoms with van der Waals surface area (Å²) in [7, 11) is 0. The van der Waals surface area contributed by atoms with E-state index in [9.17, 15) is 0 Å². The van der Waals surface area contributed by atoms with Crippen LogP contribution in [-0.2, 0) is 0 Å². The third kappa shape index (κ3) is 1.35. The third-order valence-electron chi connectivity index (χ3n) is 1.79. The van der Waals surface area contributed by atoms with Crippen LogP contribution < -0.4 is 0 Å². The van der Waals surface area contributed by atoms with Crippen LogP contribution in [0.3, 0.4) is 0 Å². The quantitative estimate of drug-likeness (QED) is 0.647. The number of hydrogen-bond donors (Lipinski definition) is 0. The number of halogens is 2.